The summed E-state index contributed by atoms with van der Waals surface area (Å²) < 4.78 is 1.14. The Labute approximate surface area is 275 Å². The molecule has 1 aliphatic carbocycles. The van der Waals surface area contributed by atoms with Crippen molar-refractivity contribution in [2.75, 3.05) is 4.90 Å². The van der Waals surface area contributed by atoms with E-state index >= 15 is 0 Å². The van der Waals surface area contributed by atoms with Gasteiger partial charge in [0.25, 0.3) is 0 Å². The number of anilines is 1. The summed E-state index contributed by atoms with van der Waals surface area (Å²) in [6.45, 7) is 0.806. The zero-order valence-electron chi connectivity index (χ0n) is 25.1. The molecule has 1 aliphatic rings. The summed E-state index contributed by atoms with van der Waals surface area (Å²) in [6.07, 6.45) is 8.03. The second kappa shape index (κ2) is 13.4. The lowest BCUT2D eigenvalue weighted by atomic mass is 9.90. The summed E-state index contributed by atoms with van der Waals surface area (Å²) in [4.78, 5) is 2.53. The smallest absolute Gasteiger partial charge is 0.0514 e. The number of halogens is 1. The molecule has 0 saturated heterocycles. The SMILES string of the molecule is Brc1ccccc1CN(c1ccc(-c2ccccc2-c2ccccc2)cc1)C1C=CC(c2ccccc2-c2ccccc2)=CC1. The predicted octanol–water partition coefficient (Wildman–Crippen LogP) is 11.9. The van der Waals surface area contributed by atoms with Gasteiger partial charge in [0.05, 0.1) is 6.04 Å². The van der Waals surface area contributed by atoms with Crippen LogP contribution in [0.2, 0.25) is 0 Å². The summed E-state index contributed by atoms with van der Waals surface area (Å²) >= 11 is 3.81. The Bertz CT molecular complexity index is 1960. The summed E-state index contributed by atoms with van der Waals surface area (Å²) in [5.74, 6) is 0. The molecule has 2 heteroatoms. The molecule has 0 radical (unpaired) electrons. The monoisotopic (exact) mass is 643 g/mol. The highest BCUT2D eigenvalue weighted by Crippen LogP contribution is 2.36. The third-order valence-electron chi connectivity index (χ3n) is 8.62. The maximum Gasteiger partial charge on any atom is 0.0514 e. The molecule has 1 nitrogen and oxygen atoms in total. The van der Waals surface area contributed by atoms with Crippen LogP contribution < -0.4 is 4.90 Å². The molecule has 0 heterocycles. The van der Waals surface area contributed by atoms with Gasteiger partial charge < -0.3 is 4.90 Å². The van der Waals surface area contributed by atoms with Crippen molar-refractivity contribution in [2.45, 2.75) is 19.0 Å². The van der Waals surface area contributed by atoms with Crippen molar-refractivity contribution in [3.63, 3.8) is 0 Å². The first kappa shape index (κ1) is 28.8. The summed E-state index contributed by atoms with van der Waals surface area (Å²) in [7, 11) is 0. The normalized spacial score (nSPS) is 14.2. The van der Waals surface area contributed by atoms with E-state index in [-0.39, 0.29) is 6.04 Å². The molecular weight excluding hydrogens is 610 g/mol. The highest BCUT2D eigenvalue weighted by atomic mass is 79.9. The number of hydrogen-bond donors (Lipinski definition) is 0. The lowest BCUT2D eigenvalue weighted by molar-refractivity contribution is 0.685. The molecule has 0 aliphatic heterocycles. The van der Waals surface area contributed by atoms with Crippen LogP contribution in [0.3, 0.4) is 0 Å². The minimum Gasteiger partial charge on any atom is -0.360 e. The maximum absolute atomic E-state index is 3.81. The number of nitrogens with zero attached hydrogens (tertiary/aromatic N) is 1. The van der Waals surface area contributed by atoms with Gasteiger partial charge in [-0.2, -0.15) is 0 Å². The van der Waals surface area contributed by atoms with Crippen molar-refractivity contribution in [1.29, 1.82) is 0 Å². The first-order valence-corrected chi connectivity index (χ1v) is 16.3. The first-order valence-electron chi connectivity index (χ1n) is 15.5. The van der Waals surface area contributed by atoms with Gasteiger partial charge in [-0.05, 0) is 74.7 Å². The van der Waals surface area contributed by atoms with E-state index < -0.39 is 0 Å². The quantitative estimate of drug-likeness (QED) is 0.159. The Morgan fingerprint density at radius 1 is 0.511 bits per heavy atom. The van der Waals surface area contributed by atoms with Gasteiger partial charge in [0.2, 0.25) is 0 Å². The van der Waals surface area contributed by atoms with E-state index in [2.05, 4.69) is 197 Å². The topological polar surface area (TPSA) is 3.24 Å². The van der Waals surface area contributed by atoms with Crippen LogP contribution in [0.15, 0.2) is 180 Å². The molecule has 1 atom stereocenters. The van der Waals surface area contributed by atoms with Crippen LogP contribution in [-0.4, -0.2) is 6.04 Å². The van der Waals surface area contributed by atoms with E-state index in [9.17, 15) is 0 Å². The van der Waals surface area contributed by atoms with Crippen LogP contribution in [0.5, 0.6) is 0 Å². The highest BCUT2D eigenvalue weighted by Gasteiger charge is 2.21. The molecule has 7 rings (SSSR count). The molecule has 218 valence electrons. The second-order valence-electron chi connectivity index (χ2n) is 11.4. The Kier molecular flexibility index (Phi) is 8.57. The van der Waals surface area contributed by atoms with Gasteiger partial charge in [0.15, 0.2) is 0 Å². The average Bonchev–Trinajstić information content (AvgIpc) is 3.12. The third kappa shape index (κ3) is 6.34. The molecule has 45 heavy (non-hydrogen) atoms. The molecular formula is C43H34BrN. The fraction of sp³-hybridized carbons (Fsp3) is 0.0698. The zero-order chi connectivity index (χ0) is 30.4. The molecule has 0 N–H and O–H groups in total. The van der Waals surface area contributed by atoms with Gasteiger partial charge >= 0.3 is 0 Å². The van der Waals surface area contributed by atoms with Gasteiger partial charge in [0, 0.05) is 16.7 Å². The van der Waals surface area contributed by atoms with E-state index in [4.69, 9.17) is 0 Å². The lowest BCUT2D eigenvalue weighted by Gasteiger charge is -2.34. The molecule has 1 unspecified atom stereocenters. The van der Waals surface area contributed by atoms with Gasteiger partial charge in [0.1, 0.15) is 0 Å². The zero-order valence-corrected chi connectivity index (χ0v) is 26.6. The van der Waals surface area contributed by atoms with Crippen LogP contribution in [0, 0.1) is 0 Å². The number of benzene rings is 6. The van der Waals surface area contributed by atoms with Crippen LogP contribution in [0.1, 0.15) is 17.5 Å². The fourth-order valence-electron chi connectivity index (χ4n) is 6.29. The van der Waals surface area contributed by atoms with Crippen molar-refractivity contribution in [2.24, 2.45) is 0 Å². The molecule has 0 bridgehead atoms. The molecule has 6 aromatic carbocycles. The minimum absolute atomic E-state index is 0.229. The number of hydrogen-bond acceptors (Lipinski definition) is 1. The Morgan fingerprint density at radius 3 is 1.56 bits per heavy atom. The van der Waals surface area contributed by atoms with Crippen molar-refractivity contribution in [1.82, 2.24) is 0 Å². The lowest BCUT2D eigenvalue weighted by Crippen LogP contribution is -2.34. The standard InChI is InChI=1S/C43H34BrN/c44-43-22-12-7-17-36(43)31-45(37-27-23-34(24-28-37)41-20-10-8-18-39(41)32-13-3-1-4-14-32)38-29-25-35(26-30-38)42-21-11-9-19-40(42)33-15-5-2-6-16-33/h1-29,38H,30-31H2. The van der Waals surface area contributed by atoms with Gasteiger partial charge in [-0.3, -0.25) is 0 Å². The molecule has 0 fully saturated rings. The van der Waals surface area contributed by atoms with Crippen LogP contribution >= 0.6 is 15.9 Å². The van der Waals surface area contributed by atoms with Crippen molar-refractivity contribution >= 4 is 27.2 Å². The van der Waals surface area contributed by atoms with Gasteiger partial charge in [-0.1, -0.05) is 174 Å². The first-order chi connectivity index (χ1) is 22.2. The van der Waals surface area contributed by atoms with Crippen molar-refractivity contribution in [3.05, 3.63) is 192 Å². The van der Waals surface area contributed by atoms with E-state index in [1.54, 1.807) is 0 Å². The number of rotatable bonds is 8. The fourth-order valence-corrected chi connectivity index (χ4v) is 6.70. The average molecular weight is 645 g/mol. The van der Waals surface area contributed by atoms with Crippen LogP contribution in [-0.2, 0) is 6.54 Å². The van der Waals surface area contributed by atoms with Gasteiger partial charge in [-0.25, -0.2) is 0 Å². The Morgan fingerprint density at radius 2 is 1.00 bits per heavy atom. The molecule has 0 amide bonds. The Hall–Kier alpha value is -4.92. The predicted molar refractivity (Wildman–Crippen MR) is 195 cm³/mol. The summed E-state index contributed by atoms with van der Waals surface area (Å²) in [6, 6.07) is 56.6. The highest BCUT2D eigenvalue weighted by molar-refractivity contribution is 9.10. The molecule has 0 aromatic heterocycles. The molecule has 0 spiro atoms. The van der Waals surface area contributed by atoms with Crippen molar-refractivity contribution in [3.8, 4) is 33.4 Å². The van der Waals surface area contributed by atoms with E-state index in [0.29, 0.717) is 0 Å². The van der Waals surface area contributed by atoms with E-state index in [0.717, 1.165) is 17.4 Å². The molecule has 0 saturated carbocycles. The third-order valence-corrected chi connectivity index (χ3v) is 9.39. The number of allylic oxidation sites excluding steroid dienone is 2. The summed E-state index contributed by atoms with van der Waals surface area (Å²) in [5, 5.41) is 0. The largest absolute Gasteiger partial charge is 0.360 e. The van der Waals surface area contributed by atoms with Gasteiger partial charge in [-0.15, -0.1) is 0 Å². The van der Waals surface area contributed by atoms with Crippen LogP contribution in [0.4, 0.5) is 5.69 Å². The summed E-state index contributed by atoms with van der Waals surface area (Å²) in [5.41, 5.74) is 12.5. The van der Waals surface area contributed by atoms with E-state index in [1.165, 1.54) is 55.8 Å². The minimum atomic E-state index is 0.229. The van der Waals surface area contributed by atoms with Crippen LogP contribution in [0.25, 0.3) is 39.0 Å². The van der Waals surface area contributed by atoms with Crippen molar-refractivity contribution < 1.29 is 0 Å². The maximum atomic E-state index is 3.81. The van der Waals surface area contributed by atoms with E-state index in [1.807, 2.05) is 0 Å². The second-order valence-corrected chi connectivity index (χ2v) is 12.3. The molecule has 6 aromatic rings. The Balaban J connectivity index is 1.20.